The second kappa shape index (κ2) is 7.49. The summed E-state index contributed by atoms with van der Waals surface area (Å²) in [6, 6.07) is -2.17. The first-order chi connectivity index (χ1) is 8.27. The number of likely N-dealkylation sites (N-methyl/N-ethyl adjacent to an activating group) is 1. The largest absolute Gasteiger partial charge is 0.480 e. The van der Waals surface area contributed by atoms with Gasteiger partial charge in [0.1, 0.15) is 6.54 Å². The Morgan fingerprint density at radius 3 is 2.17 bits per heavy atom. The molecule has 0 aromatic rings. The quantitative estimate of drug-likeness (QED) is 0.469. The van der Waals surface area contributed by atoms with Gasteiger partial charge in [0.2, 0.25) is 5.91 Å². The molecule has 8 nitrogen and oxygen atoms in total. The number of aliphatic hydroxyl groups is 1. The number of carboxylic acids is 1. The number of carboxylic acid groups (broad SMARTS) is 1. The van der Waals surface area contributed by atoms with E-state index in [-0.39, 0.29) is 18.5 Å². The fourth-order valence-electron chi connectivity index (χ4n) is 1.10. The molecule has 0 saturated carbocycles. The van der Waals surface area contributed by atoms with Crippen LogP contribution in [0.5, 0.6) is 0 Å². The molecule has 1 unspecified atom stereocenters. The van der Waals surface area contributed by atoms with Gasteiger partial charge in [0.05, 0.1) is 6.61 Å². The molecule has 104 valence electrons. The Bertz CT molecular complexity index is 319. The molecule has 0 spiro atoms. The van der Waals surface area contributed by atoms with Gasteiger partial charge >= 0.3 is 12.0 Å². The van der Waals surface area contributed by atoms with Crippen LogP contribution in [0.3, 0.4) is 0 Å². The van der Waals surface area contributed by atoms with Crippen LogP contribution in [0.2, 0.25) is 0 Å². The van der Waals surface area contributed by atoms with Gasteiger partial charge in [0.25, 0.3) is 0 Å². The molecular weight excluding hydrogens is 242 g/mol. The van der Waals surface area contributed by atoms with Crippen LogP contribution in [-0.2, 0) is 9.59 Å². The van der Waals surface area contributed by atoms with Crippen molar-refractivity contribution < 1.29 is 24.6 Å². The van der Waals surface area contributed by atoms with Crippen LogP contribution in [0, 0.1) is 0 Å². The summed E-state index contributed by atoms with van der Waals surface area (Å²) in [5.74, 6) is -1.69. The Hall–Kier alpha value is -1.83. The highest BCUT2D eigenvalue weighted by Crippen LogP contribution is 1.90. The van der Waals surface area contributed by atoms with E-state index in [2.05, 4.69) is 10.6 Å². The maximum atomic E-state index is 11.5. The number of hydrogen-bond donors (Lipinski definition) is 4. The highest BCUT2D eigenvalue weighted by molar-refractivity contribution is 5.86. The zero-order chi connectivity index (χ0) is 14.3. The molecule has 0 aromatic heterocycles. The predicted octanol–water partition coefficient (Wildman–Crippen LogP) is -1.40. The van der Waals surface area contributed by atoms with Crippen LogP contribution < -0.4 is 10.6 Å². The monoisotopic (exact) mass is 261 g/mol. The normalized spacial score (nSPS) is 11.8. The summed E-state index contributed by atoms with van der Waals surface area (Å²) in [5.41, 5.74) is 0. The summed E-state index contributed by atoms with van der Waals surface area (Å²) >= 11 is 0. The molecule has 0 aromatic carbocycles. The van der Waals surface area contributed by atoms with Crippen molar-refractivity contribution in [2.75, 3.05) is 20.2 Å². The Balaban J connectivity index is 4.26. The summed E-state index contributed by atoms with van der Waals surface area (Å²) in [6.07, 6.45) is 0. The molecule has 0 radical (unpaired) electrons. The average Bonchev–Trinajstić information content (AvgIpc) is 2.23. The summed E-state index contributed by atoms with van der Waals surface area (Å²) in [5, 5.41) is 22.0. The number of nitrogens with zero attached hydrogens (tertiary/aromatic N) is 1. The summed E-state index contributed by atoms with van der Waals surface area (Å²) in [6.45, 7) is 2.66. The standard InChI is InChI=1S/C10H19N3O5/c1-6(2)11-8(15)4-13(3)10(18)12-7(5-14)9(16)17/h6-7,14H,4-5H2,1-3H3,(H,11,15)(H,12,18)(H,16,17). The molecule has 0 rings (SSSR count). The number of carbonyl (C=O) groups excluding carboxylic acids is 2. The van der Waals surface area contributed by atoms with Gasteiger partial charge in [0.15, 0.2) is 6.04 Å². The van der Waals surface area contributed by atoms with Crippen molar-refractivity contribution in [2.45, 2.75) is 25.9 Å². The molecule has 1 atom stereocenters. The van der Waals surface area contributed by atoms with Gasteiger partial charge in [-0.25, -0.2) is 9.59 Å². The summed E-state index contributed by atoms with van der Waals surface area (Å²) < 4.78 is 0. The van der Waals surface area contributed by atoms with E-state index in [1.165, 1.54) is 7.05 Å². The van der Waals surface area contributed by atoms with E-state index < -0.39 is 24.6 Å². The molecule has 4 N–H and O–H groups in total. The Morgan fingerprint density at radius 2 is 1.78 bits per heavy atom. The zero-order valence-corrected chi connectivity index (χ0v) is 10.6. The lowest BCUT2D eigenvalue weighted by molar-refractivity contribution is -0.140. The van der Waals surface area contributed by atoms with Crippen molar-refractivity contribution in [3.05, 3.63) is 0 Å². The van der Waals surface area contributed by atoms with E-state index in [0.717, 1.165) is 4.90 Å². The first kappa shape index (κ1) is 16.2. The second-order valence-corrected chi connectivity index (χ2v) is 4.10. The molecule has 0 aliphatic heterocycles. The van der Waals surface area contributed by atoms with Gasteiger partial charge in [-0.1, -0.05) is 0 Å². The number of amides is 3. The summed E-state index contributed by atoms with van der Waals surface area (Å²) in [4.78, 5) is 34.5. The Labute approximate surface area is 105 Å². The van der Waals surface area contributed by atoms with Gasteiger partial charge in [0, 0.05) is 13.1 Å². The molecule has 0 heterocycles. The number of hydrogen-bond acceptors (Lipinski definition) is 4. The van der Waals surface area contributed by atoms with Gasteiger partial charge in [-0.3, -0.25) is 4.79 Å². The van der Waals surface area contributed by atoms with Crippen molar-refractivity contribution in [2.24, 2.45) is 0 Å². The third-order valence-corrected chi connectivity index (χ3v) is 1.96. The lowest BCUT2D eigenvalue weighted by atomic mass is 10.3. The number of carbonyl (C=O) groups is 3. The number of aliphatic hydroxyl groups excluding tert-OH is 1. The van der Waals surface area contributed by atoms with Crippen LogP contribution in [0.25, 0.3) is 0 Å². The van der Waals surface area contributed by atoms with Crippen LogP contribution in [-0.4, -0.2) is 65.3 Å². The van der Waals surface area contributed by atoms with Crippen molar-refractivity contribution in [1.82, 2.24) is 15.5 Å². The van der Waals surface area contributed by atoms with E-state index in [1.54, 1.807) is 13.8 Å². The first-order valence-corrected chi connectivity index (χ1v) is 5.42. The van der Waals surface area contributed by atoms with Crippen LogP contribution in [0.4, 0.5) is 4.79 Å². The number of aliphatic carboxylic acids is 1. The molecule has 0 fully saturated rings. The van der Waals surface area contributed by atoms with Gasteiger partial charge in [-0.05, 0) is 13.8 Å². The van der Waals surface area contributed by atoms with Crippen molar-refractivity contribution in [3.63, 3.8) is 0 Å². The van der Waals surface area contributed by atoms with Gasteiger partial charge in [-0.15, -0.1) is 0 Å². The number of rotatable bonds is 6. The number of urea groups is 1. The van der Waals surface area contributed by atoms with E-state index in [0.29, 0.717) is 0 Å². The SMILES string of the molecule is CC(C)NC(=O)CN(C)C(=O)NC(CO)C(=O)O. The molecule has 0 aliphatic rings. The third kappa shape index (κ3) is 6.04. The van der Waals surface area contributed by atoms with Gasteiger partial charge < -0.3 is 25.7 Å². The molecule has 18 heavy (non-hydrogen) atoms. The molecular formula is C10H19N3O5. The van der Waals surface area contributed by atoms with Crippen LogP contribution in [0.1, 0.15) is 13.8 Å². The maximum absolute atomic E-state index is 11.5. The average molecular weight is 261 g/mol. The predicted molar refractivity (Wildman–Crippen MR) is 63.0 cm³/mol. The number of nitrogens with one attached hydrogen (secondary N) is 2. The fourth-order valence-corrected chi connectivity index (χ4v) is 1.10. The van der Waals surface area contributed by atoms with E-state index in [9.17, 15) is 14.4 Å². The van der Waals surface area contributed by atoms with Crippen LogP contribution >= 0.6 is 0 Å². The highest BCUT2D eigenvalue weighted by Gasteiger charge is 2.21. The Morgan fingerprint density at radius 1 is 1.22 bits per heavy atom. The minimum Gasteiger partial charge on any atom is -0.480 e. The van der Waals surface area contributed by atoms with Crippen molar-refractivity contribution in [1.29, 1.82) is 0 Å². The molecule has 0 aliphatic carbocycles. The van der Waals surface area contributed by atoms with Crippen molar-refractivity contribution >= 4 is 17.9 Å². The summed E-state index contributed by atoms with van der Waals surface area (Å²) in [7, 11) is 1.35. The highest BCUT2D eigenvalue weighted by atomic mass is 16.4. The third-order valence-electron chi connectivity index (χ3n) is 1.96. The van der Waals surface area contributed by atoms with E-state index in [4.69, 9.17) is 10.2 Å². The van der Waals surface area contributed by atoms with Crippen molar-refractivity contribution in [3.8, 4) is 0 Å². The van der Waals surface area contributed by atoms with E-state index >= 15 is 0 Å². The fraction of sp³-hybridized carbons (Fsp3) is 0.700. The molecule has 0 saturated heterocycles. The second-order valence-electron chi connectivity index (χ2n) is 4.10. The minimum atomic E-state index is -1.38. The lowest BCUT2D eigenvalue weighted by Crippen LogP contribution is -2.50. The Kier molecular flexibility index (Phi) is 6.73. The topological polar surface area (TPSA) is 119 Å². The lowest BCUT2D eigenvalue weighted by Gasteiger charge is -2.20. The maximum Gasteiger partial charge on any atom is 0.328 e. The zero-order valence-electron chi connectivity index (χ0n) is 10.6. The minimum absolute atomic E-state index is 0.0434. The molecule has 8 heteroatoms. The smallest absolute Gasteiger partial charge is 0.328 e. The molecule has 3 amide bonds. The first-order valence-electron chi connectivity index (χ1n) is 5.42. The van der Waals surface area contributed by atoms with Crippen LogP contribution in [0.15, 0.2) is 0 Å². The van der Waals surface area contributed by atoms with Gasteiger partial charge in [-0.2, -0.15) is 0 Å². The van der Waals surface area contributed by atoms with E-state index in [1.807, 2.05) is 0 Å². The molecule has 0 bridgehead atoms.